The van der Waals surface area contributed by atoms with Crippen LogP contribution >= 0.6 is 0 Å². The monoisotopic (exact) mass is 320 g/mol. The number of halogens is 1. The van der Waals surface area contributed by atoms with Gasteiger partial charge in [0.1, 0.15) is 0 Å². The number of hydrogen-bond acceptors (Lipinski definition) is 1. The van der Waals surface area contributed by atoms with Crippen molar-refractivity contribution in [1.29, 1.82) is 0 Å². The van der Waals surface area contributed by atoms with Gasteiger partial charge in [0, 0.05) is 17.8 Å². The third kappa shape index (κ3) is 5.22. The number of pyridine rings is 1. The van der Waals surface area contributed by atoms with Gasteiger partial charge in [0.15, 0.2) is 18.9 Å². The number of nitrogens with zero attached hydrogens (tertiary/aromatic N) is 1. The van der Waals surface area contributed by atoms with Crippen LogP contribution in [0.15, 0.2) is 54.9 Å². The van der Waals surface area contributed by atoms with Crippen molar-refractivity contribution in [3.63, 3.8) is 0 Å². The number of rotatable bonds is 4. The fourth-order valence-electron chi connectivity index (χ4n) is 1.66. The molecule has 2 rings (SSSR count). The van der Waals surface area contributed by atoms with Gasteiger partial charge in [0.2, 0.25) is 5.91 Å². The molecule has 1 aromatic heterocycles. The first kappa shape index (κ1) is 15.4. The van der Waals surface area contributed by atoms with E-state index in [1.807, 2.05) is 66.3 Å². The summed E-state index contributed by atoms with van der Waals surface area (Å²) >= 11 is 0. The molecule has 0 spiro atoms. The summed E-state index contributed by atoms with van der Waals surface area (Å²) in [6, 6.07) is 13.6. The Balaban J connectivity index is 0.00000180. The largest absolute Gasteiger partial charge is 1.00 e. The van der Waals surface area contributed by atoms with Crippen LogP contribution in [0, 0.1) is 6.92 Å². The lowest BCUT2D eigenvalue weighted by Gasteiger charge is -2.03. The van der Waals surface area contributed by atoms with Gasteiger partial charge < -0.3 is 22.3 Å². The van der Waals surface area contributed by atoms with E-state index >= 15 is 0 Å². The number of carbonyl (C=O) groups is 1. The summed E-state index contributed by atoms with van der Waals surface area (Å²) in [5.41, 5.74) is 2.07. The second-order valence-corrected chi connectivity index (χ2v) is 4.28. The number of benzene rings is 1. The molecule has 0 aliphatic rings. The Kier molecular flexibility index (Phi) is 6.22. The summed E-state index contributed by atoms with van der Waals surface area (Å²) in [4.78, 5) is 11.7. The van der Waals surface area contributed by atoms with Crippen LogP contribution in [0.3, 0.4) is 0 Å². The average molecular weight is 321 g/mol. The highest BCUT2D eigenvalue weighted by Gasteiger charge is 2.06. The summed E-state index contributed by atoms with van der Waals surface area (Å²) in [5.74, 6) is 0.0364. The van der Waals surface area contributed by atoms with Gasteiger partial charge in [-0.2, -0.15) is 0 Å². The van der Waals surface area contributed by atoms with E-state index in [1.165, 1.54) is 5.56 Å². The number of amides is 1. The molecule has 100 valence electrons. The van der Waals surface area contributed by atoms with Crippen LogP contribution in [0.2, 0.25) is 0 Å². The molecule has 0 atom stereocenters. The van der Waals surface area contributed by atoms with Crippen LogP contribution < -0.4 is 26.9 Å². The molecule has 0 bridgehead atoms. The molecule has 3 nitrogen and oxygen atoms in total. The maximum atomic E-state index is 11.7. The van der Waals surface area contributed by atoms with Crippen molar-refractivity contribution in [2.45, 2.75) is 19.9 Å². The smallest absolute Gasteiger partial charge is 0.230 e. The van der Waals surface area contributed by atoms with Gasteiger partial charge in [-0.3, -0.25) is 4.79 Å². The van der Waals surface area contributed by atoms with Gasteiger partial charge >= 0.3 is 0 Å². The van der Waals surface area contributed by atoms with Gasteiger partial charge in [-0.25, -0.2) is 4.57 Å². The highest BCUT2D eigenvalue weighted by Crippen LogP contribution is 2.05. The highest BCUT2D eigenvalue weighted by atomic mass is 79.9. The van der Waals surface area contributed by atoms with E-state index in [1.54, 1.807) is 0 Å². The minimum atomic E-state index is 0. The summed E-state index contributed by atoms with van der Waals surface area (Å²) in [7, 11) is 0. The molecule has 1 amide bonds. The average Bonchev–Trinajstić information content (AvgIpc) is 2.39. The molecule has 2 aromatic rings. The molecule has 0 unspecified atom stereocenters. The Hall–Kier alpha value is -1.68. The molecule has 0 aliphatic carbocycles. The van der Waals surface area contributed by atoms with Gasteiger partial charge in [0.25, 0.3) is 0 Å². The normalized spacial score (nSPS) is 9.53. The molecule has 0 radical (unpaired) electrons. The first-order valence-electron chi connectivity index (χ1n) is 6.05. The third-order valence-electron chi connectivity index (χ3n) is 2.71. The minimum Gasteiger partial charge on any atom is -1.00 e. The molecule has 1 aromatic carbocycles. The predicted molar refractivity (Wildman–Crippen MR) is 71.1 cm³/mol. The molecule has 0 aliphatic heterocycles. The number of aryl methyl sites for hydroxylation is 2. The first-order valence-corrected chi connectivity index (χ1v) is 6.05. The molecule has 1 heterocycles. The zero-order chi connectivity index (χ0) is 12.8. The number of carbonyl (C=O) groups excluding carboxylic acids is 1. The molecule has 0 fully saturated rings. The number of para-hydroxylation sites is 1. The zero-order valence-electron chi connectivity index (χ0n) is 10.8. The Morgan fingerprint density at radius 2 is 1.74 bits per heavy atom. The molecule has 0 saturated heterocycles. The Bertz CT molecular complexity index is 511. The number of aromatic nitrogens is 1. The summed E-state index contributed by atoms with van der Waals surface area (Å²) in [5, 5.41) is 2.87. The predicted octanol–water partition coefficient (Wildman–Crippen LogP) is -0.685. The van der Waals surface area contributed by atoms with Crippen LogP contribution in [0.25, 0.3) is 0 Å². The quantitative estimate of drug-likeness (QED) is 0.744. The number of anilines is 1. The van der Waals surface area contributed by atoms with Gasteiger partial charge in [-0.05, 0) is 24.6 Å². The van der Waals surface area contributed by atoms with Crippen molar-refractivity contribution in [3.05, 3.63) is 60.4 Å². The number of hydrogen-bond donors (Lipinski definition) is 1. The van der Waals surface area contributed by atoms with Gasteiger partial charge in [-0.1, -0.05) is 18.2 Å². The van der Waals surface area contributed by atoms with Crippen molar-refractivity contribution in [2.75, 3.05) is 5.32 Å². The van der Waals surface area contributed by atoms with Crippen LogP contribution in [0.4, 0.5) is 5.69 Å². The summed E-state index contributed by atoms with van der Waals surface area (Å²) < 4.78 is 2.01. The van der Waals surface area contributed by atoms with Crippen LogP contribution in [0.1, 0.15) is 12.0 Å². The standard InChI is InChI=1S/C15H16N2O.BrH/c1-13-7-10-17(11-8-13)12-9-15(18)16-14-5-3-2-4-6-14;/h2-8,10-11H,9,12H2,1H3;1H. The van der Waals surface area contributed by atoms with Crippen molar-refractivity contribution >= 4 is 11.6 Å². The van der Waals surface area contributed by atoms with Crippen molar-refractivity contribution in [1.82, 2.24) is 0 Å². The Morgan fingerprint density at radius 3 is 2.37 bits per heavy atom. The second-order valence-electron chi connectivity index (χ2n) is 4.28. The van der Waals surface area contributed by atoms with Crippen molar-refractivity contribution < 1.29 is 26.3 Å². The van der Waals surface area contributed by atoms with E-state index < -0.39 is 0 Å². The molecule has 4 heteroatoms. The summed E-state index contributed by atoms with van der Waals surface area (Å²) in [6.07, 6.45) is 4.46. The first-order chi connectivity index (χ1) is 8.74. The molecular formula is C15H17BrN2O. The highest BCUT2D eigenvalue weighted by molar-refractivity contribution is 5.90. The topological polar surface area (TPSA) is 33.0 Å². The lowest BCUT2D eigenvalue weighted by atomic mass is 10.3. The Morgan fingerprint density at radius 1 is 1.11 bits per heavy atom. The van der Waals surface area contributed by atoms with Crippen molar-refractivity contribution in [3.8, 4) is 0 Å². The number of nitrogens with one attached hydrogen (secondary N) is 1. The van der Waals surface area contributed by atoms with Crippen LogP contribution in [-0.2, 0) is 11.3 Å². The van der Waals surface area contributed by atoms with E-state index in [0.717, 1.165) is 5.69 Å². The fourth-order valence-corrected chi connectivity index (χ4v) is 1.66. The minimum absolute atomic E-state index is 0. The van der Waals surface area contributed by atoms with E-state index in [0.29, 0.717) is 13.0 Å². The zero-order valence-corrected chi connectivity index (χ0v) is 12.4. The maximum absolute atomic E-state index is 11.7. The van der Waals surface area contributed by atoms with Crippen LogP contribution in [-0.4, -0.2) is 5.91 Å². The summed E-state index contributed by atoms with van der Waals surface area (Å²) in [6.45, 7) is 2.74. The maximum Gasteiger partial charge on any atom is 0.230 e. The van der Waals surface area contributed by atoms with Crippen LogP contribution in [0.5, 0.6) is 0 Å². The van der Waals surface area contributed by atoms with Crippen molar-refractivity contribution in [2.24, 2.45) is 0 Å². The van der Waals surface area contributed by atoms with E-state index in [4.69, 9.17) is 0 Å². The van der Waals surface area contributed by atoms with E-state index in [9.17, 15) is 4.79 Å². The SMILES string of the molecule is Cc1cc[n+](CCC(=O)Nc2ccccc2)cc1.[Br-]. The molecule has 1 N–H and O–H groups in total. The van der Waals surface area contributed by atoms with Gasteiger partial charge in [-0.15, -0.1) is 0 Å². The van der Waals surface area contributed by atoms with E-state index in [-0.39, 0.29) is 22.9 Å². The second kappa shape index (κ2) is 7.69. The lowest BCUT2D eigenvalue weighted by molar-refractivity contribution is -0.695. The fraction of sp³-hybridized carbons (Fsp3) is 0.200. The molecule has 0 saturated carbocycles. The van der Waals surface area contributed by atoms with E-state index in [2.05, 4.69) is 5.32 Å². The Labute approximate surface area is 124 Å². The molecule has 19 heavy (non-hydrogen) atoms. The molecular weight excluding hydrogens is 304 g/mol. The third-order valence-corrected chi connectivity index (χ3v) is 2.71. The lowest BCUT2D eigenvalue weighted by Crippen LogP contribution is -3.00. The van der Waals surface area contributed by atoms with Gasteiger partial charge in [0.05, 0.1) is 6.42 Å².